The molecular formula is C26H23ClFN3OS. The molecule has 0 unspecified atom stereocenters. The molecule has 0 bridgehead atoms. The van der Waals surface area contributed by atoms with Crippen molar-refractivity contribution >= 4 is 51.4 Å². The molecule has 3 aromatic rings. The van der Waals surface area contributed by atoms with Crippen LogP contribution in [0, 0.1) is 19.7 Å². The minimum Gasteiger partial charge on any atom is -0.351 e. The van der Waals surface area contributed by atoms with Gasteiger partial charge >= 0.3 is 0 Å². The number of rotatable bonds is 5. The van der Waals surface area contributed by atoms with Gasteiger partial charge in [0.25, 0.3) is 0 Å². The number of hydrogen-bond acceptors (Lipinski definition) is 4. The molecule has 1 aliphatic rings. The molecule has 0 radical (unpaired) electrons. The molecule has 0 saturated heterocycles. The number of benzene rings is 3. The van der Waals surface area contributed by atoms with Crippen molar-refractivity contribution in [3.05, 3.63) is 93.8 Å². The van der Waals surface area contributed by atoms with Crippen molar-refractivity contribution in [2.75, 3.05) is 5.75 Å². The Balaban J connectivity index is 1.51. The summed E-state index contributed by atoms with van der Waals surface area (Å²) < 4.78 is 13.1. The van der Waals surface area contributed by atoms with Crippen molar-refractivity contribution in [1.29, 1.82) is 0 Å². The maximum atomic E-state index is 13.1. The van der Waals surface area contributed by atoms with Crippen LogP contribution in [0.4, 0.5) is 15.8 Å². The van der Waals surface area contributed by atoms with Gasteiger partial charge in [-0.25, -0.2) is 9.38 Å². The summed E-state index contributed by atoms with van der Waals surface area (Å²) in [5.41, 5.74) is 6.61. The summed E-state index contributed by atoms with van der Waals surface area (Å²) in [5.74, 6) is -0.175. The lowest BCUT2D eigenvalue weighted by Gasteiger charge is -2.08. The number of nitrogens with one attached hydrogen (secondary N) is 1. The lowest BCUT2D eigenvalue weighted by molar-refractivity contribution is -0.118. The Morgan fingerprint density at radius 1 is 1.00 bits per heavy atom. The van der Waals surface area contributed by atoms with E-state index in [2.05, 4.69) is 19.2 Å². The van der Waals surface area contributed by atoms with E-state index in [4.69, 9.17) is 21.6 Å². The van der Waals surface area contributed by atoms with Gasteiger partial charge in [0.2, 0.25) is 5.91 Å². The van der Waals surface area contributed by atoms with Crippen LogP contribution in [0.25, 0.3) is 0 Å². The molecule has 7 heteroatoms. The number of hydrogen-bond donors (Lipinski definition) is 1. The molecule has 0 atom stereocenters. The first-order chi connectivity index (χ1) is 15.9. The summed E-state index contributed by atoms with van der Waals surface area (Å²) in [7, 11) is 0. The molecule has 33 heavy (non-hydrogen) atoms. The predicted molar refractivity (Wildman–Crippen MR) is 136 cm³/mol. The molecular weight excluding hydrogens is 457 g/mol. The third-order valence-corrected chi connectivity index (χ3v) is 6.59. The van der Waals surface area contributed by atoms with Crippen LogP contribution < -0.4 is 5.32 Å². The number of fused-ring (bicyclic) bond motifs is 1. The second kappa shape index (κ2) is 10.3. The summed E-state index contributed by atoms with van der Waals surface area (Å²) in [4.78, 5) is 22.2. The van der Waals surface area contributed by atoms with E-state index < -0.39 is 0 Å². The minimum atomic E-state index is -0.295. The highest BCUT2D eigenvalue weighted by Gasteiger charge is 2.17. The monoisotopic (exact) mass is 479 g/mol. The first kappa shape index (κ1) is 23.2. The highest BCUT2D eigenvalue weighted by Crippen LogP contribution is 2.36. The van der Waals surface area contributed by atoms with Gasteiger partial charge in [0.15, 0.2) is 0 Å². The molecule has 0 aromatic heterocycles. The van der Waals surface area contributed by atoms with Crippen LogP contribution in [0.5, 0.6) is 0 Å². The number of carbonyl (C=O) groups excluding carboxylic acids is 1. The van der Waals surface area contributed by atoms with E-state index in [-0.39, 0.29) is 17.5 Å². The SMILES string of the molecule is Cc1cc2c(cc1C)N=C(c1ccc(Cl)cc1)CC(SCC(=O)NCc1ccc(F)cc1)=N2. The van der Waals surface area contributed by atoms with E-state index in [1.54, 1.807) is 12.1 Å². The zero-order chi connectivity index (χ0) is 23.4. The van der Waals surface area contributed by atoms with Gasteiger partial charge < -0.3 is 5.32 Å². The Morgan fingerprint density at radius 2 is 1.64 bits per heavy atom. The summed E-state index contributed by atoms with van der Waals surface area (Å²) in [6.45, 7) is 4.46. The largest absolute Gasteiger partial charge is 0.351 e. The molecule has 1 aliphatic heterocycles. The molecule has 0 spiro atoms. The summed E-state index contributed by atoms with van der Waals surface area (Å²) >= 11 is 7.47. The molecule has 0 saturated carbocycles. The minimum absolute atomic E-state index is 0.110. The fourth-order valence-corrected chi connectivity index (χ4v) is 4.29. The number of carbonyl (C=O) groups is 1. The summed E-state index contributed by atoms with van der Waals surface area (Å²) in [6, 6.07) is 17.8. The molecule has 0 aliphatic carbocycles. The van der Waals surface area contributed by atoms with Crippen LogP contribution in [0.3, 0.4) is 0 Å². The maximum absolute atomic E-state index is 13.1. The molecule has 0 fully saturated rings. The number of thioether (sulfide) groups is 1. The van der Waals surface area contributed by atoms with Gasteiger partial charge in [0, 0.05) is 18.0 Å². The number of halogens is 2. The first-order valence-electron chi connectivity index (χ1n) is 10.5. The van der Waals surface area contributed by atoms with Crippen LogP contribution in [-0.4, -0.2) is 22.4 Å². The third kappa shape index (κ3) is 6.09. The van der Waals surface area contributed by atoms with Gasteiger partial charge in [-0.3, -0.25) is 9.79 Å². The Morgan fingerprint density at radius 3 is 2.30 bits per heavy atom. The van der Waals surface area contributed by atoms with Crippen LogP contribution in [0.2, 0.25) is 5.02 Å². The van der Waals surface area contributed by atoms with Crippen LogP contribution in [0.15, 0.2) is 70.6 Å². The van der Waals surface area contributed by atoms with Crippen LogP contribution >= 0.6 is 23.4 Å². The van der Waals surface area contributed by atoms with Crippen molar-refractivity contribution in [3.63, 3.8) is 0 Å². The van der Waals surface area contributed by atoms with E-state index in [9.17, 15) is 9.18 Å². The Labute approximate surface area is 202 Å². The smallest absolute Gasteiger partial charge is 0.230 e. The molecule has 4 nitrogen and oxygen atoms in total. The molecule has 168 valence electrons. The normalized spacial score (nSPS) is 13.0. The quantitative estimate of drug-likeness (QED) is 0.442. The second-order valence-corrected chi connectivity index (χ2v) is 9.35. The second-order valence-electron chi connectivity index (χ2n) is 7.86. The van der Waals surface area contributed by atoms with Crippen molar-refractivity contribution in [3.8, 4) is 0 Å². The van der Waals surface area contributed by atoms with Crippen LogP contribution in [-0.2, 0) is 11.3 Å². The van der Waals surface area contributed by atoms with Gasteiger partial charge in [-0.05, 0) is 72.5 Å². The summed E-state index contributed by atoms with van der Waals surface area (Å²) in [6.07, 6.45) is 0.518. The average molecular weight is 480 g/mol. The maximum Gasteiger partial charge on any atom is 0.230 e. The van der Waals surface area contributed by atoms with Gasteiger partial charge in [0.05, 0.1) is 27.9 Å². The van der Waals surface area contributed by atoms with Crippen molar-refractivity contribution in [1.82, 2.24) is 5.32 Å². The lowest BCUT2D eigenvalue weighted by atomic mass is 10.1. The highest BCUT2D eigenvalue weighted by atomic mass is 35.5. The number of aliphatic imine (C=N–C) groups is 2. The van der Waals surface area contributed by atoms with Gasteiger partial charge in [0.1, 0.15) is 5.82 Å². The molecule has 1 N–H and O–H groups in total. The molecule has 1 heterocycles. The van der Waals surface area contributed by atoms with Crippen molar-refractivity contribution in [2.45, 2.75) is 26.8 Å². The lowest BCUT2D eigenvalue weighted by Crippen LogP contribution is -2.25. The Hall–Kier alpha value is -2.96. The zero-order valence-corrected chi connectivity index (χ0v) is 19.9. The van der Waals surface area contributed by atoms with Gasteiger partial charge in [-0.15, -0.1) is 11.8 Å². The topological polar surface area (TPSA) is 53.8 Å². The first-order valence-corrected chi connectivity index (χ1v) is 11.9. The third-order valence-electron chi connectivity index (χ3n) is 5.36. The van der Waals surface area contributed by atoms with Crippen molar-refractivity contribution < 1.29 is 9.18 Å². The van der Waals surface area contributed by atoms with E-state index in [1.807, 2.05) is 36.4 Å². The zero-order valence-electron chi connectivity index (χ0n) is 18.4. The number of amides is 1. The number of aryl methyl sites for hydroxylation is 2. The molecule has 3 aromatic carbocycles. The van der Waals surface area contributed by atoms with E-state index in [0.717, 1.165) is 44.4 Å². The van der Waals surface area contributed by atoms with Gasteiger partial charge in [-0.2, -0.15) is 0 Å². The number of nitrogens with zero attached hydrogens (tertiary/aromatic N) is 2. The van der Waals surface area contributed by atoms with E-state index in [1.165, 1.54) is 23.9 Å². The van der Waals surface area contributed by atoms with E-state index in [0.29, 0.717) is 18.0 Å². The van der Waals surface area contributed by atoms with Crippen LogP contribution in [0.1, 0.15) is 28.7 Å². The van der Waals surface area contributed by atoms with E-state index >= 15 is 0 Å². The fraction of sp³-hybridized carbons (Fsp3) is 0.192. The predicted octanol–water partition coefficient (Wildman–Crippen LogP) is 6.70. The van der Waals surface area contributed by atoms with Gasteiger partial charge in [-0.1, -0.05) is 35.9 Å². The Kier molecular flexibility index (Phi) is 7.26. The standard InChI is InChI=1S/C26H23ClFN3OS/c1-16-11-23-24(12-17(16)2)31-26(13-22(30-23)19-5-7-20(27)8-6-19)33-15-25(32)29-14-18-3-9-21(28)10-4-18/h3-12H,13-15H2,1-2H3,(H,29,32). The average Bonchev–Trinajstić information content (AvgIpc) is 2.97. The molecule has 4 rings (SSSR count). The fourth-order valence-electron chi connectivity index (χ4n) is 3.36. The Bertz CT molecular complexity index is 1240. The highest BCUT2D eigenvalue weighted by molar-refractivity contribution is 8.14. The van der Waals surface area contributed by atoms with Crippen molar-refractivity contribution in [2.24, 2.45) is 9.98 Å². The summed E-state index contributed by atoms with van der Waals surface area (Å²) in [5, 5.41) is 4.37. The molecule has 1 amide bonds.